The molecule has 0 bridgehead atoms. The lowest BCUT2D eigenvalue weighted by Gasteiger charge is -1.99. The van der Waals surface area contributed by atoms with Gasteiger partial charge in [0.15, 0.2) is 0 Å². The first-order valence-electron chi connectivity index (χ1n) is 3.91. The van der Waals surface area contributed by atoms with Gasteiger partial charge in [-0.2, -0.15) is 0 Å². The molecular weight excluding hydrogens is 239 g/mol. The van der Waals surface area contributed by atoms with Crippen molar-refractivity contribution in [2.45, 2.75) is 26.2 Å². The number of nitrogens with zero attached hydrogens (tertiary/aromatic N) is 2. The van der Waals surface area contributed by atoms with Gasteiger partial charge in [-0.05, 0) is 22.4 Å². The minimum atomic E-state index is 0.496. The maximum absolute atomic E-state index is 5.79. The van der Waals surface area contributed by atoms with Crippen LogP contribution in [-0.4, -0.2) is 9.97 Å². The molecule has 0 aliphatic rings. The van der Waals surface area contributed by atoms with E-state index >= 15 is 0 Å². The van der Waals surface area contributed by atoms with Crippen molar-refractivity contribution >= 4 is 27.5 Å². The van der Waals surface area contributed by atoms with Crippen LogP contribution in [0.3, 0.4) is 0 Å². The molecule has 0 atom stereocenters. The van der Waals surface area contributed by atoms with Crippen LogP contribution in [0.4, 0.5) is 0 Å². The lowest BCUT2D eigenvalue weighted by molar-refractivity contribution is 0.751. The fourth-order valence-corrected chi connectivity index (χ4v) is 1.17. The molecule has 0 aromatic carbocycles. The molecule has 0 saturated carbocycles. The molecule has 12 heavy (non-hydrogen) atoms. The van der Waals surface area contributed by atoms with Gasteiger partial charge in [0.2, 0.25) is 0 Å². The van der Waals surface area contributed by atoms with Crippen LogP contribution in [0.25, 0.3) is 0 Å². The molecule has 1 rings (SSSR count). The van der Waals surface area contributed by atoms with Crippen molar-refractivity contribution in [3.05, 3.63) is 21.6 Å². The third-order valence-corrected chi connectivity index (χ3v) is 2.60. The van der Waals surface area contributed by atoms with E-state index < -0.39 is 0 Å². The lowest BCUT2D eigenvalue weighted by Crippen LogP contribution is -1.94. The molecule has 2 nitrogen and oxygen atoms in total. The summed E-state index contributed by atoms with van der Waals surface area (Å²) in [6.07, 6.45) is 4.86. The Morgan fingerprint density at radius 2 is 2.33 bits per heavy atom. The number of aryl methyl sites for hydroxylation is 1. The zero-order chi connectivity index (χ0) is 8.97. The highest BCUT2D eigenvalue weighted by molar-refractivity contribution is 9.10. The van der Waals surface area contributed by atoms with Crippen LogP contribution in [0.1, 0.15) is 25.6 Å². The van der Waals surface area contributed by atoms with Crippen molar-refractivity contribution in [3.8, 4) is 0 Å². The Balaban J connectivity index is 2.69. The van der Waals surface area contributed by atoms with E-state index in [-0.39, 0.29) is 0 Å². The summed E-state index contributed by atoms with van der Waals surface area (Å²) in [6.45, 7) is 2.14. The van der Waals surface area contributed by atoms with Crippen molar-refractivity contribution in [1.29, 1.82) is 0 Å². The largest absolute Gasteiger partial charge is 0.240 e. The first kappa shape index (κ1) is 9.93. The van der Waals surface area contributed by atoms with Gasteiger partial charge in [-0.15, -0.1) is 0 Å². The minimum absolute atomic E-state index is 0.496. The summed E-state index contributed by atoms with van der Waals surface area (Å²) >= 11 is 9.04. The third-order valence-electron chi connectivity index (χ3n) is 1.51. The standard InChI is InChI=1S/C8H10BrClN2/c1-2-3-4-7-11-5-6(9)8(10)12-7/h5H,2-4H2,1H3. The van der Waals surface area contributed by atoms with Crippen LogP contribution >= 0.6 is 27.5 Å². The van der Waals surface area contributed by atoms with E-state index in [1.165, 1.54) is 0 Å². The van der Waals surface area contributed by atoms with Gasteiger partial charge in [0, 0.05) is 12.6 Å². The molecule has 66 valence electrons. The summed E-state index contributed by atoms with van der Waals surface area (Å²) in [5.74, 6) is 0.824. The fourth-order valence-electron chi connectivity index (χ4n) is 0.835. The van der Waals surface area contributed by atoms with Crippen LogP contribution in [0.2, 0.25) is 5.15 Å². The van der Waals surface area contributed by atoms with Crippen molar-refractivity contribution in [2.75, 3.05) is 0 Å². The molecule has 0 spiro atoms. The molecule has 0 aliphatic heterocycles. The van der Waals surface area contributed by atoms with E-state index in [1.54, 1.807) is 6.20 Å². The highest BCUT2D eigenvalue weighted by atomic mass is 79.9. The van der Waals surface area contributed by atoms with E-state index in [0.717, 1.165) is 29.6 Å². The monoisotopic (exact) mass is 248 g/mol. The highest BCUT2D eigenvalue weighted by Gasteiger charge is 2.01. The summed E-state index contributed by atoms with van der Waals surface area (Å²) in [4.78, 5) is 8.25. The Hall–Kier alpha value is -0.150. The van der Waals surface area contributed by atoms with Crippen LogP contribution in [0.5, 0.6) is 0 Å². The maximum atomic E-state index is 5.79. The molecule has 0 N–H and O–H groups in total. The second-order valence-corrected chi connectivity index (χ2v) is 3.74. The third kappa shape index (κ3) is 2.72. The van der Waals surface area contributed by atoms with Crippen molar-refractivity contribution < 1.29 is 0 Å². The predicted molar refractivity (Wildman–Crippen MR) is 53.4 cm³/mol. The second kappa shape index (κ2) is 4.77. The average Bonchev–Trinajstić information content (AvgIpc) is 2.07. The van der Waals surface area contributed by atoms with Crippen LogP contribution < -0.4 is 0 Å². The first-order chi connectivity index (χ1) is 5.74. The molecular formula is C8H10BrClN2. The summed E-state index contributed by atoms with van der Waals surface area (Å²) in [7, 11) is 0. The van der Waals surface area contributed by atoms with Gasteiger partial charge in [-0.3, -0.25) is 0 Å². The van der Waals surface area contributed by atoms with Crippen LogP contribution in [0.15, 0.2) is 10.7 Å². The predicted octanol–water partition coefficient (Wildman–Crippen LogP) is 3.24. The quantitative estimate of drug-likeness (QED) is 0.769. The molecule has 0 unspecified atom stereocenters. The second-order valence-electron chi connectivity index (χ2n) is 2.53. The number of aromatic nitrogens is 2. The maximum Gasteiger partial charge on any atom is 0.146 e. The van der Waals surface area contributed by atoms with Gasteiger partial charge >= 0.3 is 0 Å². The SMILES string of the molecule is CCCCc1ncc(Br)c(Cl)n1. The Morgan fingerprint density at radius 1 is 1.58 bits per heavy atom. The van der Waals surface area contributed by atoms with E-state index in [2.05, 4.69) is 32.8 Å². The van der Waals surface area contributed by atoms with E-state index in [0.29, 0.717) is 5.15 Å². The van der Waals surface area contributed by atoms with Crippen LogP contribution in [0, 0.1) is 0 Å². The zero-order valence-corrected chi connectivity index (χ0v) is 9.19. The number of rotatable bonds is 3. The number of hydrogen-bond acceptors (Lipinski definition) is 2. The summed E-state index contributed by atoms with van der Waals surface area (Å²) in [5.41, 5.74) is 0. The minimum Gasteiger partial charge on any atom is -0.240 e. The molecule has 0 aliphatic carbocycles. The fraction of sp³-hybridized carbons (Fsp3) is 0.500. The molecule has 4 heteroatoms. The smallest absolute Gasteiger partial charge is 0.146 e. The van der Waals surface area contributed by atoms with E-state index in [1.807, 2.05) is 0 Å². The Morgan fingerprint density at radius 3 is 2.92 bits per heavy atom. The molecule has 0 saturated heterocycles. The Kier molecular flexibility index (Phi) is 3.95. The lowest BCUT2D eigenvalue weighted by atomic mass is 10.2. The zero-order valence-electron chi connectivity index (χ0n) is 6.85. The molecule has 1 aromatic rings. The van der Waals surface area contributed by atoms with E-state index in [4.69, 9.17) is 11.6 Å². The topological polar surface area (TPSA) is 25.8 Å². The Bertz CT molecular complexity index is 265. The molecule has 1 heterocycles. The van der Waals surface area contributed by atoms with Crippen LogP contribution in [-0.2, 0) is 6.42 Å². The van der Waals surface area contributed by atoms with Crippen molar-refractivity contribution in [3.63, 3.8) is 0 Å². The highest BCUT2D eigenvalue weighted by Crippen LogP contribution is 2.18. The average molecular weight is 250 g/mol. The van der Waals surface area contributed by atoms with Gasteiger partial charge in [0.1, 0.15) is 11.0 Å². The van der Waals surface area contributed by atoms with Gasteiger partial charge in [-0.25, -0.2) is 9.97 Å². The normalized spacial score (nSPS) is 10.2. The summed E-state index contributed by atoms with van der Waals surface area (Å²) in [6, 6.07) is 0. The number of unbranched alkanes of at least 4 members (excludes halogenated alkanes) is 1. The Labute approximate surface area is 85.5 Å². The molecule has 0 amide bonds. The first-order valence-corrected chi connectivity index (χ1v) is 5.08. The number of halogens is 2. The van der Waals surface area contributed by atoms with Gasteiger partial charge in [0.25, 0.3) is 0 Å². The van der Waals surface area contributed by atoms with Gasteiger partial charge < -0.3 is 0 Å². The van der Waals surface area contributed by atoms with Crippen molar-refractivity contribution in [1.82, 2.24) is 9.97 Å². The number of hydrogen-bond donors (Lipinski definition) is 0. The summed E-state index contributed by atoms with van der Waals surface area (Å²) in [5, 5.41) is 0.496. The van der Waals surface area contributed by atoms with Gasteiger partial charge in [-0.1, -0.05) is 24.9 Å². The van der Waals surface area contributed by atoms with Crippen molar-refractivity contribution in [2.24, 2.45) is 0 Å². The molecule has 0 radical (unpaired) electrons. The molecule has 1 aromatic heterocycles. The molecule has 0 fully saturated rings. The summed E-state index contributed by atoms with van der Waals surface area (Å²) < 4.78 is 0.754. The van der Waals surface area contributed by atoms with E-state index in [9.17, 15) is 0 Å². The van der Waals surface area contributed by atoms with Gasteiger partial charge in [0.05, 0.1) is 4.47 Å².